The summed E-state index contributed by atoms with van der Waals surface area (Å²) in [5.74, 6) is -0.909. The monoisotopic (exact) mass is 511 g/mol. The van der Waals surface area contributed by atoms with Crippen LogP contribution >= 0.6 is 0 Å². The van der Waals surface area contributed by atoms with Crippen molar-refractivity contribution in [1.29, 1.82) is 0 Å². The maximum atomic E-state index is 13.5. The van der Waals surface area contributed by atoms with Gasteiger partial charge in [0.25, 0.3) is 5.91 Å². The van der Waals surface area contributed by atoms with Crippen LogP contribution < -0.4 is 19.7 Å². The maximum Gasteiger partial charge on any atom is 0.263 e. The Kier molecular flexibility index (Phi) is 7.66. The van der Waals surface area contributed by atoms with Gasteiger partial charge in [0.15, 0.2) is 6.10 Å². The first-order chi connectivity index (χ1) is 17.2. The Bertz CT molecular complexity index is 1330. The van der Waals surface area contributed by atoms with Gasteiger partial charge in [0.1, 0.15) is 11.6 Å². The van der Waals surface area contributed by atoms with E-state index in [1.54, 1.807) is 24.3 Å². The van der Waals surface area contributed by atoms with Gasteiger partial charge in [-0.1, -0.05) is 54.6 Å². The van der Waals surface area contributed by atoms with Gasteiger partial charge >= 0.3 is 0 Å². The number of nitrogens with zero attached hydrogens (tertiary/aromatic N) is 1. The first-order valence-corrected chi connectivity index (χ1v) is 13.2. The average Bonchev–Trinajstić information content (AvgIpc) is 2.86. The van der Waals surface area contributed by atoms with Crippen LogP contribution in [0.4, 0.5) is 10.1 Å². The van der Waals surface area contributed by atoms with Gasteiger partial charge in [-0.05, 0) is 35.4 Å². The minimum absolute atomic E-state index is 0.0501. The number of fused-ring (bicyclic) bond motifs is 1. The number of rotatable bonds is 8. The number of nitrogens with one attached hydrogen (secondary N) is 2. The lowest BCUT2D eigenvalue weighted by atomic mass is 10.0. The molecule has 0 saturated heterocycles. The Labute approximate surface area is 209 Å². The molecular weight excluding hydrogens is 485 g/mol. The van der Waals surface area contributed by atoms with Gasteiger partial charge in [-0.25, -0.2) is 17.5 Å². The van der Waals surface area contributed by atoms with E-state index in [9.17, 15) is 22.4 Å². The molecule has 3 aromatic carbocycles. The molecule has 0 aliphatic carbocycles. The predicted octanol–water partition coefficient (Wildman–Crippen LogP) is 2.92. The molecule has 36 heavy (non-hydrogen) atoms. The van der Waals surface area contributed by atoms with Crippen molar-refractivity contribution in [3.05, 3.63) is 95.8 Å². The number of sulfonamides is 1. The van der Waals surface area contributed by atoms with Crippen LogP contribution in [0.5, 0.6) is 5.75 Å². The van der Waals surface area contributed by atoms with Crippen molar-refractivity contribution in [3.63, 3.8) is 0 Å². The molecule has 0 radical (unpaired) electrons. The number of hydrogen-bond acceptors (Lipinski definition) is 5. The molecule has 1 aliphatic heterocycles. The number of carbonyl (C=O) groups is 2. The second-order valence-electron chi connectivity index (χ2n) is 8.48. The molecule has 10 heteroatoms. The van der Waals surface area contributed by atoms with Crippen molar-refractivity contribution in [2.75, 3.05) is 17.7 Å². The summed E-state index contributed by atoms with van der Waals surface area (Å²) in [4.78, 5) is 27.8. The van der Waals surface area contributed by atoms with Gasteiger partial charge < -0.3 is 15.0 Å². The Morgan fingerprint density at radius 1 is 1.03 bits per heavy atom. The summed E-state index contributed by atoms with van der Waals surface area (Å²) in [6.45, 7) is 0.255. The molecule has 4 rings (SSSR count). The lowest BCUT2D eigenvalue weighted by Crippen LogP contribution is -2.51. The normalized spacial score (nSPS) is 15.9. The Morgan fingerprint density at radius 2 is 1.69 bits per heavy atom. The van der Waals surface area contributed by atoms with Crippen LogP contribution in [0.25, 0.3) is 0 Å². The third kappa shape index (κ3) is 6.46. The van der Waals surface area contributed by atoms with Gasteiger partial charge in [-0.15, -0.1) is 0 Å². The zero-order valence-corrected chi connectivity index (χ0v) is 20.4. The Balaban J connectivity index is 1.54. The fraction of sp³-hybridized carbons (Fsp3) is 0.231. The van der Waals surface area contributed by atoms with Crippen LogP contribution in [0.3, 0.4) is 0 Å². The van der Waals surface area contributed by atoms with Crippen molar-refractivity contribution in [2.24, 2.45) is 0 Å². The fourth-order valence-corrected chi connectivity index (χ4v) is 4.71. The molecule has 0 bridgehead atoms. The number of amides is 2. The summed E-state index contributed by atoms with van der Waals surface area (Å²) in [5.41, 5.74) is 1.84. The van der Waals surface area contributed by atoms with Crippen molar-refractivity contribution in [2.45, 2.75) is 25.1 Å². The predicted molar refractivity (Wildman–Crippen MR) is 133 cm³/mol. The van der Waals surface area contributed by atoms with Crippen molar-refractivity contribution in [1.82, 2.24) is 10.0 Å². The summed E-state index contributed by atoms with van der Waals surface area (Å²) >= 11 is 0. The average molecular weight is 512 g/mol. The molecule has 3 aromatic rings. The smallest absolute Gasteiger partial charge is 0.263 e. The van der Waals surface area contributed by atoms with Crippen molar-refractivity contribution < 1.29 is 27.1 Å². The molecule has 1 heterocycles. The van der Waals surface area contributed by atoms with E-state index in [4.69, 9.17) is 4.74 Å². The Morgan fingerprint density at radius 3 is 2.39 bits per heavy atom. The third-order valence-corrected chi connectivity index (χ3v) is 6.40. The van der Waals surface area contributed by atoms with Crippen LogP contribution in [-0.4, -0.2) is 39.1 Å². The van der Waals surface area contributed by atoms with E-state index in [-0.39, 0.29) is 18.9 Å². The maximum absolute atomic E-state index is 13.5. The van der Waals surface area contributed by atoms with E-state index in [0.717, 1.165) is 11.8 Å². The first kappa shape index (κ1) is 25.3. The summed E-state index contributed by atoms with van der Waals surface area (Å²) in [6.07, 6.45) is -0.212. The number of benzene rings is 3. The van der Waals surface area contributed by atoms with Crippen molar-refractivity contribution in [3.8, 4) is 5.75 Å². The summed E-state index contributed by atoms with van der Waals surface area (Å²) in [5, 5.41) is 2.83. The highest BCUT2D eigenvalue weighted by Gasteiger charge is 2.35. The van der Waals surface area contributed by atoms with Gasteiger partial charge in [-0.2, -0.15) is 0 Å². The number of anilines is 1. The van der Waals surface area contributed by atoms with Crippen LogP contribution in [-0.2, 0) is 26.2 Å². The highest BCUT2D eigenvalue weighted by Crippen LogP contribution is 2.34. The van der Waals surface area contributed by atoms with E-state index in [2.05, 4.69) is 10.0 Å². The van der Waals surface area contributed by atoms with E-state index < -0.39 is 33.9 Å². The van der Waals surface area contributed by atoms with Gasteiger partial charge in [0, 0.05) is 13.0 Å². The van der Waals surface area contributed by atoms with Crippen molar-refractivity contribution >= 4 is 27.5 Å². The Hall–Kier alpha value is -3.76. The van der Waals surface area contributed by atoms with E-state index in [1.165, 1.54) is 29.2 Å². The summed E-state index contributed by atoms with van der Waals surface area (Å²) in [7, 11) is -3.68. The molecular formula is C26H26FN3O5S. The van der Waals surface area contributed by atoms with Gasteiger partial charge in [0.2, 0.25) is 15.9 Å². The molecule has 1 aliphatic rings. The highest BCUT2D eigenvalue weighted by atomic mass is 32.2. The SMILES string of the molecule is CS(=O)(=O)N[C@H](CC(=O)N1C[C@@H](C(=O)NCc2ccccc2)Oc2ccccc21)c1ccc(F)cc1. The number of ether oxygens (including phenoxy) is 1. The highest BCUT2D eigenvalue weighted by molar-refractivity contribution is 7.88. The van der Waals surface area contributed by atoms with Gasteiger partial charge in [0.05, 0.1) is 24.5 Å². The molecule has 2 atom stereocenters. The lowest BCUT2D eigenvalue weighted by Gasteiger charge is -2.35. The number of hydrogen-bond donors (Lipinski definition) is 2. The van der Waals surface area contributed by atoms with Crippen LogP contribution in [0.15, 0.2) is 78.9 Å². The largest absolute Gasteiger partial charge is 0.477 e. The molecule has 0 aromatic heterocycles. The molecule has 188 valence electrons. The second kappa shape index (κ2) is 10.9. The van der Waals surface area contributed by atoms with Crippen LogP contribution in [0.1, 0.15) is 23.6 Å². The molecule has 2 N–H and O–H groups in total. The van der Waals surface area contributed by atoms with Gasteiger partial charge in [-0.3, -0.25) is 9.59 Å². The lowest BCUT2D eigenvalue weighted by molar-refractivity contribution is -0.128. The topological polar surface area (TPSA) is 105 Å². The number of para-hydroxylation sites is 2. The quantitative estimate of drug-likeness (QED) is 0.484. The molecule has 0 unspecified atom stereocenters. The minimum atomic E-state index is -3.68. The minimum Gasteiger partial charge on any atom is -0.477 e. The van der Waals surface area contributed by atoms with Crippen LogP contribution in [0.2, 0.25) is 0 Å². The summed E-state index contributed by atoms with van der Waals surface area (Å²) in [6, 6.07) is 20.6. The van der Waals surface area contributed by atoms with E-state index >= 15 is 0 Å². The molecule has 2 amide bonds. The van der Waals surface area contributed by atoms with E-state index in [0.29, 0.717) is 23.5 Å². The third-order valence-electron chi connectivity index (χ3n) is 5.68. The fourth-order valence-electron chi connectivity index (χ4n) is 3.97. The molecule has 0 saturated carbocycles. The molecule has 0 spiro atoms. The summed E-state index contributed by atoms with van der Waals surface area (Å²) < 4.78 is 45.7. The first-order valence-electron chi connectivity index (χ1n) is 11.3. The molecule has 8 nitrogen and oxygen atoms in total. The number of halogens is 1. The molecule has 0 fully saturated rings. The standard InChI is InChI=1S/C26H26FN3O5S/c1-36(33,34)29-21(19-11-13-20(27)14-12-19)15-25(31)30-17-24(35-23-10-6-5-9-22(23)30)26(32)28-16-18-7-3-2-4-8-18/h2-14,21,24,29H,15-17H2,1H3,(H,28,32)/t21-,24+/m1/s1. The number of carbonyl (C=O) groups excluding carboxylic acids is 2. The van der Waals surface area contributed by atoms with Crippen LogP contribution in [0, 0.1) is 5.82 Å². The van der Waals surface area contributed by atoms with E-state index in [1.807, 2.05) is 30.3 Å². The zero-order valence-electron chi connectivity index (χ0n) is 19.6. The second-order valence-corrected chi connectivity index (χ2v) is 10.3. The zero-order chi connectivity index (χ0) is 25.7.